The number of aliphatic imine (C=N–C) groups is 1. The van der Waals surface area contributed by atoms with Crippen LogP contribution in [-0.4, -0.2) is 10.4 Å². The van der Waals surface area contributed by atoms with Crippen molar-refractivity contribution >= 4 is 78.2 Å². The van der Waals surface area contributed by atoms with E-state index in [2.05, 4.69) is 131 Å². The predicted octanol–water partition coefficient (Wildman–Crippen LogP) is 11.1. The number of amidine groups is 1. The molecular formula is C44H29N3O2. The van der Waals surface area contributed by atoms with Crippen molar-refractivity contribution in [1.29, 1.82) is 0 Å². The van der Waals surface area contributed by atoms with Crippen LogP contribution >= 0.6 is 0 Å². The Kier molecular flexibility index (Phi) is 5.50. The molecule has 1 unspecified atom stereocenters. The van der Waals surface area contributed by atoms with Gasteiger partial charge in [0.25, 0.3) is 0 Å². The molecule has 1 atom stereocenters. The molecule has 2 aliphatic carbocycles. The molecule has 1 aliphatic heterocycles. The number of benzene rings is 5. The van der Waals surface area contributed by atoms with Gasteiger partial charge in [0.1, 0.15) is 22.9 Å². The van der Waals surface area contributed by atoms with Gasteiger partial charge < -0.3 is 18.7 Å². The Bertz CT molecular complexity index is 2870. The lowest BCUT2D eigenvalue weighted by atomic mass is 10.0. The van der Waals surface area contributed by atoms with E-state index in [-0.39, 0.29) is 6.17 Å². The molecule has 1 N–H and O–H groups in total. The minimum absolute atomic E-state index is 0.378. The van der Waals surface area contributed by atoms with Gasteiger partial charge in [-0.25, -0.2) is 4.99 Å². The number of anilines is 1. The number of aromatic nitrogens is 1. The fourth-order valence-corrected chi connectivity index (χ4v) is 8.11. The molecule has 5 nitrogen and oxygen atoms in total. The predicted molar refractivity (Wildman–Crippen MR) is 201 cm³/mol. The van der Waals surface area contributed by atoms with Gasteiger partial charge in [-0.1, -0.05) is 109 Å². The molecule has 49 heavy (non-hydrogen) atoms. The molecule has 0 spiro atoms. The van der Waals surface area contributed by atoms with Gasteiger partial charge in [-0.2, -0.15) is 0 Å². The summed E-state index contributed by atoms with van der Waals surface area (Å²) in [6.45, 7) is 0. The van der Waals surface area contributed by atoms with Crippen LogP contribution < -0.4 is 5.32 Å². The van der Waals surface area contributed by atoms with Gasteiger partial charge in [-0.05, 0) is 58.3 Å². The average molecular weight is 632 g/mol. The molecule has 3 aliphatic rings. The maximum absolute atomic E-state index is 6.58. The van der Waals surface area contributed by atoms with Crippen molar-refractivity contribution < 1.29 is 8.83 Å². The van der Waals surface area contributed by atoms with Gasteiger partial charge in [-0.3, -0.25) is 0 Å². The van der Waals surface area contributed by atoms with E-state index in [9.17, 15) is 0 Å². The third-order valence-corrected chi connectivity index (χ3v) is 10.4. The summed E-state index contributed by atoms with van der Waals surface area (Å²) >= 11 is 0. The molecule has 0 saturated heterocycles. The summed E-state index contributed by atoms with van der Waals surface area (Å²) in [5, 5.41) is 12.0. The maximum Gasteiger partial charge on any atom is 0.207 e. The SMILES string of the molecule is C1=CCc2c(oc3c2C=CC(C2=NC(n4c5cc6ccccc6cc5c5c6ccccc6ccc54)c4c(oc5ccccc45)N2)=CC3)C=C1. The van der Waals surface area contributed by atoms with Crippen molar-refractivity contribution in [3.8, 4) is 0 Å². The van der Waals surface area contributed by atoms with Gasteiger partial charge in [0, 0.05) is 39.3 Å². The van der Waals surface area contributed by atoms with Crippen LogP contribution in [0.25, 0.3) is 66.5 Å². The first-order valence-electron chi connectivity index (χ1n) is 16.9. The highest BCUT2D eigenvalue weighted by Gasteiger charge is 2.33. The maximum atomic E-state index is 6.58. The van der Waals surface area contributed by atoms with E-state index >= 15 is 0 Å². The molecular weight excluding hydrogens is 603 g/mol. The molecule has 0 radical (unpaired) electrons. The number of furan rings is 2. The average Bonchev–Trinajstić information content (AvgIpc) is 3.65. The Balaban J connectivity index is 1.17. The Morgan fingerprint density at radius 3 is 2.43 bits per heavy atom. The molecule has 0 bridgehead atoms. The van der Waals surface area contributed by atoms with Crippen LogP contribution in [0.2, 0.25) is 0 Å². The van der Waals surface area contributed by atoms with Crippen LogP contribution in [0.4, 0.5) is 5.88 Å². The van der Waals surface area contributed by atoms with Crippen LogP contribution in [0, 0.1) is 0 Å². The largest absolute Gasteiger partial charge is 0.460 e. The summed E-state index contributed by atoms with van der Waals surface area (Å²) in [6, 6.07) is 34.8. The summed E-state index contributed by atoms with van der Waals surface area (Å²) in [4.78, 5) is 5.60. The molecule has 8 aromatic rings. The van der Waals surface area contributed by atoms with Crippen molar-refractivity contribution in [3.05, 3.63) is 161 Å². The van der Waals surface area contributed by atoms with Crippen LogP contribution in [-0.2, 0) is 12.8 Å². The number of nitrogens with one attached hydrogen (secondary N) is 1. The Labute approximate surface area is 281 Å². The molecule has 4 heterocycles. The van der Waals surface area contributed by atoms with E-state index in [0.717, 1.165) is 68.4 Å². The summed E-state index contributed by atoms with van der Waals surface area (Å²) < 4.78 is 15.4. The molecule has 0 saturated carbocycles. The van der Waals surface area contributed by atoms with Gasteiger partial charge in [0.15, 0.2) is 6.17 Å². The van der Waals surface area contributed by atoms with Crippen LogP contribution in [0.15, 0.2) is 147 Å². The van der Waals surface area contributed by atoms with Crippen molar-refractivity contribution in [2.75, 3.05) is 5.32 Å². The van der Waals surface area contributed by atoms with E-state index < -0.39 is 0 Å². The number of para-hydroxylation sites is 1. The molecule has 5 heteroatoms. The molecule has 11 rings (SSSR count). The molecule has 3 aromatic heterocycles. The van der Waals surface area contributed by atoms with Crippen LogP contribution in [0.1, 0.15) is 34.4 Å². The zero-order chi connectivity index (χ0) is 32.1. The standard InChI is InChI=1S/C44H29N3O2/c1-2-14-31-32-21-18-27(20-23-39(32)48-37(31)16-3-1)42-45-43(41-33-15-8-9-17-38(33)49-44(41)46-42)47-35-22-19-26-10-6-7-13-30(26)40(35)34-24-28-11-4-5-12-29(28)25-36(34)47/h1-13,15-22,24-25,43H,14,23H2,(H,45,46). The summed E-state index contributed by atoms with van der Waals surface area (Å²) in [5.74, 6) is 3.44. The fraction of sp³-hybridized carbons (Fsp3) is 0.0682. The summed E-state index contributed by atoms with van der Waals surface area (Å²) in [5.41, 5.74) is 7.56. The first-order valence-corrected chi connectivity index (χ1v) is 16.9. The molecule has 5 aromatic carbocycles. The lowest BCUT2D eigenvalue weighted by molar-refractivity contribution is 0.512. The Morgan fingerprint density at radius 2 is 1.51 bits per heavy atom. The summed E-state index contributed by atoms with van der Waals surface area (Å²) in [6.07, 6.45) is 16.1. The van der Waals surface area contributed by atoms with Crippen LogP contribution in [0.5, 0.6) is 0 Å². The zero-order valence-corrected chi connectivity index (χ0v) is 26.5. The minimum atomic E-state index is -0.378. The van der Waals surface area contributed by atoms with E-state index in [4.69, 9.17) is 13.8 Å². The third kappa shape index (κ3) is 3.90. The van der Waals surface area contributed by atoms with Crippen LogP contribution in [0.3, 0.4) is 0 Å². The van der Waals surface area contributed by atoms with Crippen molar-refractivity contribution in [2.24, 2.45) is 4.99 Å². The molecule has 232 valence electrons. The number of allylic oxidation sites excluding steroid dienone is 4. The van der Waals surface area contributed by atoms with Crippen molar-refractivity contribution in [3.63, 3.8) is 0 Å². The highest BCUT2D eigenvalue weighted by Crippen LogP contribution is 2.46. The second-order valence-electron chi connectivity index (χ2n) is 13.1. The third-order valence-electron chi connectivity index (χ3n) is 10.4. The van der Waals surface area contributed by atoms with Gasteiger partial charge in [0.2, 0.25) is 5.88 Å². The fourth-order valence-electron chi connectivity index (χ4n) is 8.11. The highest BCUT2D eigenvalue weighted by molar-refractivity contribution is 6.23. The van der Waals surface area contributed by atoms with Crippen molar-refractivity contribution in [1.82, 2.24) is 4.57 Å². The smallest absolute Gasteiger partial charge is 0.207 e. The lowest BCUT2D eigenvalue weighted by Crippen LogP contribution is -2.24. The number of nitrogens with zero attached hydrogens (tertiary/aromatic N) is 2. The van der Waals surface area contributed by atoms with E-state index in [1.807, 2.05) is 18.2 Å². The lowest BCUT2D eigenvalue weighted by Gasteiger charge is -2.25. The van der Waals surface area contributed by atoms with E-state index in [0.29, 0.717) is 6.42 Å². The first kappa shape index (κ1) is 26.7. The van der Waals surface area contributed by atoms with Gasteiger partial charge in [-0.15, -0.1) is 0 Å². The quantitative estimate of drug-likeness (QED) is 0.207. The molecule has 0 fully saturated rings. The highest BCUT2D eigenvalue weighted by atomic mass is 16.4. The topological polar surface area (TPSA) is 55.6 Å². The van der Waals surface area contributed by atoms with Gasteiger partial charge >= 0.3 is 0 Å². The van der Waals surface area contributed by atoms with Crippen molar-refractivity contribution in [2.45, 2.75) is 19.0 Å². The molecule has 0 amide bonds. The number of rotatable bonds is 2. The Hall–Kier alpha value is -6.33. The minimum Gasteiger partial charge on any atom is -0.460 e. The second kappa shape index (κ2) is 10.1. The summed E-state index contributed by atoms with van der Waals surface area (Å²) in [7, 11) is 0. The van der Waals surface area contributed by atoms with Gasteiger partial charge in [0.05, 0.1) is 16.6 Å². The van der Waals surface area contributed by atoms with E-state index in [1.165, 1.54) is 37.9 Å². The van der Waals surface area contributed by atoms with E-state index in [1.54, 1.807) is 0 Å². The Morgan fingerprint density at radius 1 is 0.694 bits per heavy atom. The first-order chi connectivity index (χ1) is 24.3. The second-order valence-corrected chi connectivity index (χ2v) is 13.1. The number of hydrogen-bond donors (Lipinski definition) is 1. The normalized spacial score (nSPS) is 16.8. The number of hydrogen-bond acceptors (Lipinski definition) is 4. The zero-order valence-electron chi connectivity index (χ0n) is 26.5. The monoisotopic (exact) mass is 631 g/mol. The number of fused-ring (bicyclic) bond motifs is 12.